The zero-order chi connectivity index (χ0) is 15.1. The molecule has 3 nitrogen and oxygen atoms in total. The smallest absolute Gasteiger partial charge is 0.381 e. The summed E-state index contributed by atoms with van der Waals surface area (Å²) in [5.41, 5.74) is 5.81. The van der Waals surface area contributed by atoms with E-state index in [1.165, 1.54) is 12.1 Å². The second-order valence-electron chi connectivity index (χ2n) is 6.01. The number of hydrogen-bond donors (Lipinski definition) is 1. The number of nitrogens with zero attached hydrogens (tertiary/aromatic N) is 1. The van der Waals surface area contributed by atoms with Crippen LogP contribution in [0.2, 0.25) is 0 Å². The van der Waals surface area contributed by atoms with Gasteiger partial charge in [-0.25, -0.2) is 0 Å². The predicted molar refractivity (Wildman–Crippen MR) is 74.0 cm³/mol. The van der Waals surface area contributed by atoms with Gasteiger partial charge in [-0.1, -0.05) is 6.07 Å². The molecule has 21 heavy (non-hydrogen) atoms. The first-order valence-corrected chi connectivity index (χ1v) is 7.16. The van der Waals surface area contributed by atoms with Gasteiger partial charge in [-0.05, 0) is 30.5 Å². The van der Waals surface area contributed by atoms with Crippen LogP contribution in [0, 0.1) is 5.41 Å². The van der Waals surface area contributed by atoms with E-state index in [1.54, 1.807) is 6.07 Å². The number of rotatable bonds is 2. The molecule has 2 fully saturated rings. The van der Waals surface area contributed by atoms with Gasteiger partial charge in [0.2, 0.25) is 0 Å². The van der Waals surface area contributed by atoms with Gasteiger partial charge in [0.1, 0.15) is 0 Å². The van der Waals surface area contributed by atoms with Crippen LogP contribution in [0.5, 0.6) is 0 Å². The quantitative estimate of drug-likeness (QED) is 0.913. The maximum Gasteiger partial charge on any atom is 0.416 e. The molecule has 0 unspecified atom stereocenters. The molecule has 2 N–H and O–H groups in total. The Morgan fingerprint density at radius 1 is 1.19 bits per heavy atom. The number of anilines is 1. The van der Waals surface area contributed by atoms with E-state index >= 15 is 0 Å². The molecule has 0 aromatic heterocycles. The minimum absolute atomic E-state index is 0.101. The fraction of sp³-hybridized carbons (Fsp3) is 0.600. The van der Waals surface area contributed by atoms with Crippen molar-refractivity contribution in [3.8, 4) is 0 Å². The average Bonchev–Trinajstić information content (AvgIpc) is 2.44. The molecule has 0 aliphatic carbocycles. The molecule has 3 rings (SSSR count). The maximum atomic E-state index is 13.1. The zero-order valence-electron chi connectivity index (χ0n) is 11.7. The summed E-state index contributed by atoms with van der Waals surface area (Å²) in [6, 6.07) is 4.46. The first-order valence-electron chi connectivity index (χ1n) is 7.16. The summed E-state index contributed by atoms with van der Waals surface area (Å²) in [6.07, 6.45) is -2.36. The van der Waals surface area contributed by atoms with Crippen LogP contribution in [0.1, 0.15) is 24.0 Å². The number of halogens is 3. The molecule has 2 heterocycles. The van der Waals surface area contributed by atoms with E-state index in [-0.39, 0.29) is 17.5 Å². The third-order valence-electron chi connectivity index (χ3n) is 4.59. The van der Waals surface area contributed by atoms with E-state index in [1.807, 2.05) is 4.90 Å². The molecule has 1 aromatic rings. The van der Waals surface area contributed by atoms with Crippen LogP contribution in [0.15, 0.2) is 18.2 Å². The van der Waals surface area contributed by atoms with Crippen molar-refractivity contribution in [2.24, 2.45) is 11.1 Å². The normalized spacial score (nSPS) is 21.4. The van der Waals surface area contributed by atoms with Crippen molar-refractivity contribution in [2.75, 3.05) is 31.2 Å². The van der Waals surface area contributed by atoms with Crippen molar-refractivity contribution in [3.63, 3.8) is 0 Å². The molecule has 0 radical (unpaired) electrons. The van der Waals surface area contributed by atoms with Crippen molar-refractivity contribution in [2.45, 2.75) is 25.6 Å². The van der Waals surface area contributed by atoms with Crippen LogP contribution >= 0.6 is 0 Å². The second kappa shape index (κ2) is 5.18. The highest BCUT2D eigenvalue weighted by Crippen LogP contribution is 2.43. The molecule has 0 bridgehead atoms. The highest BCUT2D eigenvalue weighted by molar-refractivity contribution is 5.54. The molecular formula is C15H19F3N2O. The second-order valence-corrected chi connectivity index (χ2v) is 6.01. The molecule has 0 amide bonds. The SMILES string of the molecule is NCc1ccc(N2CC3(CCOCC3)C2)cc1C(F)(F)F. The number of hydrogen-bond acceptors (Lipinski definition) is 3. The number of alkyl halides is 3. The fourth-order valence-electron chi connectivity index (χ4n) is 3.27. The molecule has 1 spiro atoms. The number of nitrogens with two attached hydrogens (primary N) is 1. The summed E-state index contributed by atoms with van der Waals surface area (Å²) in [7, 11) is 0. The molecule has 0 atom stereocenters. The van der Waals surface area contributed by atoms with Gasteiger partial charge in [-0.15, -0.1) is 0 Å². The Bertz CT molecular complexity index is 516. The van der Waals surface area contributed by atoms with Crippen molar-refractivity contribution in [1.82, 2.24) is 0 Å². The Morgan fingerprint density at radius 2 is 1.86 bits per heavy atom. The topological polar surface area (TPSA) is 38.5 Å². The molecule has 6 heteroatoms. The molecule has 2 aliphatic heterocycles. The van der Waals surface area contributed by atoms with Gasteiger partial charge in [0.25, 0.3) is 0 Å². The van der Waals surface area contributed by atoms with Crippen LogP contribution in [-0.4, -0.2) is 26.3 Å². The number of benzene rings is 1. The molecule has 116 valence electrons. The lowest BCUT2D eigenvalue weighted by atomic mass is 9.73. The van der Waals surface area contributed by atoms with Gasteiger partial charge in [-0.3, -0.25) is 0 Å². The van der Waals surface area contributed by atoms with Gasteiger partial charge in [0.05, 0.1) is 5.56 Å². The summed E-state index contributed by atoms with van der Waals surface area (Å²) in [4.78, 5) is 2.01. The van der Waals surface area contributed by atoms with Gasteiger partial charge in [0, 0.05) is 44.0 Å². The Labute approximate surface area is 121 Å². The van der Waals surface area contributed by atoms with Crippen molar-refractivity contribution >= 4 is 5.69 Å². The fourth-order valence-corrected chi connectivity index (χ4v) is 3.27. The highest BCUT2D eigenvalue weighted by Gasteiger charge is 2.44. The number of ether oxygens (including phenoxy) is 1. The first kappa shape index (κ1) is 14.7. The lowest BCUT2D eigenvalue weighted by molar-refractivity contribution is -0.138. The molecule has 2 saturated heterocycles. The van der Waals surface area contributed by atoms with E-state index in [9.17, 15) is 13.2 Å². The van der Waals surface area contributed by atoms with Crippen molar-refractivity contribution in [1.29, 1.82) is 0 Å². The largest absolute Gasteiger partial charge is 0.416 e. The van der Waals surface area contributed by atoms with Gasteiger partial charge in [-0.2, -0.15) is 13.2 Å². The van der Waals surface area contributed by atoms with Crippen LogP contribution in [-0.2, 0) is 17.5 Å². The minimum Gasteiger partial charge on any atom is -0.381 e. The summed E-state index contributed by atoms with van der Waals surface area (Å²) in [5.74, 6) is 0. The van der Waals surface area contributed by atoms with E-state index in [0.717, 1.165) is 39.1 Å². The third-order valence-corrected chi connectivity index (χ3v) is 4.59. The summed E-state index contributed by atoms with van der Waals surface area (Å²) >= 11 is 0. The van der Waals surface area contributed by atoms with E-state index in [4.69, 9.17) is 10.5 Å². The van der Waals surface area contributed by atoms with E-state index < -0.39 is 11.7 Å². The molecule has 0 saturated carbocycles. The van der Waals surface area contributed by atoms with Crippen molar-refractivity contribution < 1.29 is 17.9 Å². The Hall–Kier alpha value is -1.27. The van der Waals surface area contributed by atoms with Crippen LogP contribution in [0.4, 0.5) is 18.9 Å². The van der Waals surface area contributed by atoms with Crippen LogP contribution in [0.3, 0.4) is 0 Å². The third kappa shape index (κ3) is 2.74. The lowest BCUT2D eigenvalue weighted by Crippen LogP contribution is -2.58. The first-order chi connectivity index (χ1) is 9.93. The standard InChI is InChI=1S/C15H19F3N2O/c16-15(17,18)13-7-12(2-1-11(13)8-19)20-9-14(10-20)3-5-21-6-4-14/h1-2,7H,3-6,8-10,19H2. The summed E-state index contributed by atoms with van der Waals surface area (Å²) < 4.78 is 44.5. The predicted octanol–water partition coefficient (Wildman–Crippen LogP) is 2.78. The highest BCUT2D eigenvalue weighted by atomic mass is 19.4. The lowest BCUT2D eigenvalue weighted by Gasteiger charge is -2.53. The van der Waals surface area contributed by atoms with Crippen LogP contribution < -0.4 is 10.6 Å². The molecule has 1 aromatic carbocycles. The van der Waals surface area contributed by atoms with E-state index in [0.29, 0.717) is 5.69 Å². The molecule has 2 aliphatic rings. The Morgan fingerprint density at radius 3 is 2.43 bits per heavy atom. The van der Waals surface area contributed by atoms with Gasteiger partial charge < -0.3 is 15.4 Å². The van der Waals surface area contributed by atoms with Gasteiger partial charge in [0.15, 0.2) is 0 Å². The molecular weight excluding hydrogens is 281 g/mol. The maximum absolute atomic E-state index is 13.1. The Kier molecular flexibility index (Phi) is 3.61. The summed E-state index contributed by atoms with van der Waals surface area (Å²) in [5, 5.41) is 0. The summed E-state index contributed by atoms with van der Waals surface area (Å²) in [6.45, 7) is 3.04. The van der Waals surface area contributed by atoms with Gasteiger partial charge >= 0.3 is 6.18 Å². The van der Waals surface area contributed by atoms with E-state index in [2.05, 4.69) is 0 Å². The average molecular weight is 300 g/mol. The monoisotopic (exact) mass is 300 g/mol. The minimum atomic E-state index is -4.36. The Balaban J connectivity index is 1.78. The van der Waals surface area contributed by atoms with Crippen molar-refractivity contribution in [3.05, 3.63) is 29.3 Å². The van der Waals surface area contributed by atoms with Crippen LogP contribution in [0.25, 0.3) is 0 Å². The zero-order valence-corrected chi connectivity index (χ0v) is 11.7.